The molecule has 0 radical (unpaired) electrons. The predicted octanol–water partition coefficient (Wildman–Crippen LogP) is 1.75. The number of rotatable bonds is 5. The summed E-state index contributed by atoms with van der Waals surface area (Å²) in [7, 11) is 1.69. The molecule has 6 nitrogen and oxygen atoms in total. The van der Waals surface area contributed by atoms with Gasteiger partial charge in [-0.05, 0) is 19.1 Å². The summed E-state index contributed by atoms with van der Waals surface area (Å²) in [5, 5.41) is 6.90. The molecule has 2 N–H and O–H groups in total. The minimum Gasteiger partial charge on any atom is -0.378 e. The van der Waals surface area contributed by atoms with E-state index in [-0.39, 0.29) is 18.2 Å². The number of urea groups is 1. The summed E-state index contributed by atoms with van der Waals surface area (Å²) in [5.41, 5.74) is 2.04. The van der Waals surface area contributed by atoms with E-state index in [1.165, 1.54) is 0 Å². The molecule has 1 aliphatic heterocycles. The minimum atomic E-state index is -0.143. The molecule has 0 saturated carbocycles. The van der Waals surface area contributed by atoms with Crippen molar-refractivity contribution in [2.24, 2.45) is 0 Å². The Kier molecular flexibility index (Phi) is 5.27. The molecule has 2 heterocycles. The van der Waals surface area contributed by atoms with Crippen LogP contribution in [0.25, 0.3) is 10.9 Å². The standard InChI is InChI=1S/C18H24N4O2/c1-3-19-18(23)21-16-11-22(12-17(16)24-2)10-14-9-8-13-6-4-5-7-15(13)20-14/h4-9,16-17H,3,10-12H2,1-2H3,(H2,19,21,23)/t16-,17-/m0/s1. The zero-order valence-corrected chi connectivity index (χ0v) is 14.2. The van der Waals surface area contributed by atoms with E-state index in [0.29, 0.717) is 6.54 Å². The topological polar surface area (TPSA) is 66.5 Å². The fourth-order valence-corrected chi connectivity index (χ4v) is 3.16. The lowest BCUT2D eigenvalue weighted by Gasteiger charge is -2.18. The van der Waals surface area contributed by atoms with Gasteiger partial charge in [0.25, 0.3) is 0 Å². The maximum Gasteiger partial charge on any atom is 0.315 e. The molecule has 1 aromatic heterocycles. The molecular formula is C18H24N4O2. The van der Waals surface area contributed by atoms with Crippen LogP contribution in [0.5, 0.6) is 0 Å². The minimum absolute atomic E-state index is 0.00642. The second-order valence-electron chi connectivity index (χ2n) is 6.07. The molecule has 1 saturated heterocycles. The molecule has 0 bridgehead atoms. The van der Waals surface area contributed by atoms with Crippen LogP contribution < -0.4 is 10.6 Å². The van der Waals surface area contributed by atoms with Crippen LogP contribution in [0.1, 0.15) is 12.6 Å². The highest BCUT2D eigenvalue weighted by Crippen LogP contribution is 2.18. The number of nitrogens with zero attached hydrogens (tertiary/aromatic N) is 2. The van der Waals surface area contributed by atoms with Crippen molar-refractivity contribution < 1.29 is 9.53 Å². The van der Waals surface area contributed by atoms with Crippen molar-refractivity contribution in [1.82, 2.24) is 20.5 Å². The second kappa shape index (κ2) is 7.59. The van der Waals surface area contributed by atoms with Gasteiger partial charge in [0.1, 0.15) is 0 Å². The Bertz CT molecular complexity index is 706. The van der Waals surface area contributed by atoms with Gasteiger partial charge < -0.3 is 15.4 Å². The molecule has 1 fully saturated rings. The number of para-hydroxylation sites is 1. The number of fused-ring (bicyclic) bond motifs is 1. The van der Waals surface area contributed by atoms with Crippen molar-refractivity contribution in [3.63, 3.8) is 0 Å². The number of benzene rings is 1. The lowest BCUT2D eigenvalue weighted by molar-refractivity contribution is 0.0910. The first-order chi connectivity index (χ1) is 11.7. The fourth-order valence-electron chi connectivity index (χ4n) is 3.16. The first-order valence-electron chi connectivity index (χ1n) is 8.33. The molecule has 1 aliphatic rings. The summed E-state index contributed by atoms with van der Waals surface area (Å²) in [6, 6.07) is 12.1. The number of nitrogens with one attached hydrogen (secondary N) is 2. The van der Waals surface area contributed by atoms with E-state index in [9.17, 15) is 4.79 Å². The van der Waals surface area contributed by atoms with Crippen LogP contribution in [-0.4, -0.2) is 54.8 Å². The quantitative estimate of drug-likeness (QED) is 0.878. The zero-order chi connectivity index (χ0) is 16.9. The van der Waals surface area contributed by atoms with Gasteiger partial charge in [0.2, 0.25) is 0 Å². The maximum atomic E-state index is 11.8. The van der Waals surface area contributed by atoms with E-state index in [1.807, 2.05) is 25.1 Å². The van der Waals surface area contributed by atoms with Crippen molar-refractivity contribution in [2.75, 3.05) is 26.7 Å². The average molecular weight is 328 g/mol. The van der Waals surface area contributed by atoms with Gasteiger partial charge in [0, 0.05) is 38.7 Å². The summed E-state index contributed by atoms with van der Waals surface area (Å²) < 4.78 is 5.54. The van der Waals surface area contributed by atoms with Crippen molar-refractivity contribution >= 4 is 16.9 Å². The first-order valence-corrected chi connectivity index (χ1v) is 8.33. The van der Waals surface area contributed by atoms with Gasteiger partial charge in [0.05, 0.1) is 23.4 Å². The van der Waals surface area contributed by atoms with E-state index < -0.39 is 0 Å². The molecule has 128 valence electrons. The number of methoxy groups -OCH3 is 1. The summed E-state index contributed by atoms with van der Waals surface area (Å²) in [5.74, 6) is 0. The molecule has 0 spiro atoms. The van der Waals surface area contributed by atoms with Gasteiger partial charge in [-0.1, -0.05) is 24.3 Å². The van der Waals surface area contributed by atoms with Gasteiger partial charge in [-0.15, -0.1) is 0 Å². The predicted molar refractivity (Wildman–Crippen MR) is 93.8 cm³/mol. The monoisotopic (exact) mass is 328 g/mol. The SMILES string of the molecule is CCNC(=O)N[C@H]1CN(Cc2ccc3ccccc3n2)C[C@@H]1OC. The van der Waals surface area contributed by atoms with E-state index >= 15 is 0 Å². The summed E-state index contributed by atoms with van der Waals surface area (Å²) >= 11 is 0. The van der Waals surface area contributed by atoms with E-state index in [0.717, 1.165) is 36.2 Å². The molecule has 2 amide bonds. The van der Waals surface area contributed by atoms with Gasteiger partial charge in [-0.2, -0.15) is 0 Å². The first kappa shape index (κ1) is 16.7. The highest BCUT2D eigenvalue weighted by molar-refractivity contribution is 5.78. The summed E-state index contributed by atoms with van der Waals surface area (Å²) in [4.78, 5) is 18.8. The third-order valence-electron chi connectivity index (χ3n) is 4.34. The third kappa shape index (κ3) is 3.83. The number of hydrogen-bond donors (Lipinski definition) is 2. The van der Waals surface area contributed by atoms with Crippen LogP contribution in [-0.2, 0) is 11.3 Å². The van der Waals surface area contributed by atoms with Crippen LogP contribution in [0.4, 0.5) is 4.79 Å². The molecule has 0 unspecified atom stereocenters. The van der Waals surface area contributed by atoms with Gasteiger partial charge in [-0.3, -0.25) is 9.88 Å². The molecular weight excluding hydrogens is 304 g/mol. The smallest absolute Gasteiger partial charge is 0.315 e. The highest BCUT2D eigenvalue weighted by Gasteiger charge is 2.33. The maximum absolute atomic E-state index is 11.8. The Morgan fingerprint density at radius 1 is 1.29 bits per heavy atom. The molecule has 0 aliphatic carbocycles. The number of likely N-dealkylation sites (tertiary alicyclic amines) is 1. The lowest BCUT2D eigenvalue weighted by Crippen LogP contribution is -2.47. The largest absolute Gasteiger partial charge is 0.378 e. The number of carbonyl (C=O) groups is 1. The van der Waals surface area contributed by atoms with E-state index in [4.69, 9.17) is 9.72 Å². The van der Waals surface area contributed by atoms with Gasteiger partial charge in [0.15, 0.2) is 0 Å². The van der Waals surface area contributed by atoms with E-state index in [2.05, 4.69) is 33.7 Å². The summed E-state index contributed by atoms with van der Waals surface area (Å²) in [6.07, 6.45) is -0.00642. The number of amides is 2. The Labute approximate surface area is 142 Å². The van der Waals surface area contributed by atoms with Crippen molar-refractivity contribution in [1.29, 1.82) is 0 Å². The summed E-state index contributed by atoms with van der Waals surface area (Å²) in [6.45, 7) is 4.80. The fraction of sp³-hybridized carbons (Fsp3) is 0.444. The molecule has 24 heavy (non-hydrogen) atoms. The lowest BCUT2D eigenvalue weighted by atomic mass is 10.2. The average Bonchev–Trinajstić information content (AvgIpc) is 2.96. The number of pyridine rings is 1. The molecule has 6 heteroatoms. The molecule has 3 rings (SSSR count). The Hall–Kier alpha value is -2.18. The number of hydrogen-bond acceptors (Lipinski definition) is 4. The van der Waals surface area contributed by atoms with Crippen molar-refractivity contribution in [2.45, 2.75) is 25.6 Å². The zero-order valence-electron chi connectivity index (χ0n) is 14.2. The van der Waals surface area contributed by atoms with Crippen LogP contribution in [0, 0.1) is 0 Å². The Morgan fingerprint density at radius 3 is 2.92 bits per heavy atom. The Balaban J connectivity index is 1.65. The van der Waals surface area contributed by atoms with E-state index in [1.54, 1.807) is 7.11 Å². The van der Waals surface area contributed by atoms with Crippen LogP contribution >= 0.6 is 0 Å². The number of aromatic nitrogens is 1. The third-order valence-corrected chi connectivity index (χ3v) is 4.34. The Morgan fingerprint density at radius 2 is 2.12 bits per heavy atom. The molecule has 2 atom stereocenters. The van der Waals surface area contributed by atoms with Crippen LogP contribution in [0.15, 0.2) is 36.4 Å². The normalized spacial score (nSPS) is 21.1. The van der Waals surface area contributed by atoms with Crippen LogP contribution in [0.3, 0.4) is 0 Å². The molecule has 1 aromatic carbocycles. The highest BCUT2D eigenvalue weighted by atomic mass is 16.5. The van der Waals surface area contributed by atoms with Crippen molar-refractivity contribution in [3.05, 3.63) is 42.1 Å². The second-order valence-corrected chi connectivity index (χ2v) is 6.07. The van der Waals surface area contributed by atoms with Crippen LogP contribution in [0.2, 0.25) is 0 Å². The van der Waals surface area contributed by atoms with Crippen molar-refractivity contribution in [3.8, 4) is 0 Å². The van der Waals surface area contributed by atoms with Gasteiger partial charge in [-0.25, -0.2) is 4.79 Å². The van der Waals surface area contributed by atoms with Gasteiger partial charge >= 0.3 is 6.03 Å². The number of carbonyl (C=O) groups excluding carboxylic acids is 1. The number of ether oxygens (including phenoxy) is 1. The molecule has 2 aromatic rings.